The van der Waals surface area contributed by atoms with Crippen molar-refractivity contribution in [3.8, 4) is 18.6 Å². The highest BCUT2D eigenvalue weighted by Gasteiger charge is 2.19. The topological polar surface area (TPSA) is 104 Å². The number of nitrogens with zero attached hydrogens (tertiary/aromatic N) is 2. The van der Waals surface area contributed by atoms with Gasteiger partial charge in [-0.1, -0.05) is 45.6 Å². The first-order chi connectivity index (χ1) is 21.0. The highest BCUT2D eigenvalue weighted by molar-refractivity contribution is 7.09. The Morgan fingerprint density at radius 3 is 2.41 bits per heavy atom. The largest absolute Gasteiger partial charge is 0.493 e. The van der Waals surface area contributed by atoms with E-state index in [4.69, 9.17) is 4.74 Å². The number of rotatable bonds is 12. The quantitative estimate of drug-likeness (QED) is 0.111. The number of ether oxygens (including phenoxy) is 1. The molecule has 0 saturated carbocycles. The van der Waals surface area contributed by atoms with Crippen LogP contribution in [-0.2, 0) is 13.0 Å². The molecule has 1 atom stereocenters. The fraction of sp³-hybridized carbons (Fsp3) is 0.514. The maximum atomic E-state index is 12.2. The van der Waals surface area contributed by atoms with Crippen LogP contribution in [-0.4, -0.2) is 72.6 Å². The van der Waals surface area contributed by atoms with Crippen LogP contribution in [0.2, 0.25) is 0 Å². The molecule has 0 fully saturated rings. The number of terminal acetylenes is 1. The lowest BCUT2D eigenvalue weighted by atomic mass is 9.97. The zero-order valence-corrected chi connectivity index (χ0v) is 29.1. The second-order valence-electron chi connectivity index (χ2n) is 10.1. The van der Waals surface area contributed by atoms with E-state index in [1.165, 1.54) is 5.01 Å². The molecule has 0 aliphatic carbocycles. The zero-order chi connectivity index (χ0) is 34.1. The van der Waals surface area contributed by atoms with Crippen LogP contribution in [0, 0.1) is 19.8 Å². The number of thiazole rings is 1. The van der Waals surface area contributed by atoms with Gasteiger partial charge < -0.3 is 20.5 Å². The number of aryl methyl sites for hydroxylation is 1. The molecule has 1 aliphatic rings. The summed E-state index contributed by atoms with van der Waals surface area (Å²) in [6, 6.07) is 3.84. The second-order valence-corrected chi connectivity index (χ2v) is 11.1. The van der Waals surface area contributed by atoms with Crippen LogP contribution < -0.4 is 15.4 Å². The summed E-state index contributed by atoms with van der Waals surface area (Å²) in [6.45, 7) is 24.4. The highest BCUT2D eigenvalue weighted by Crippen LogP contribution is 2.29. The van der Waals surface area contributed by atoms with Gasteiger partial charge in [-0.2, -0.15) is 0 Å². The number of amides is 1. The molecule has 1 amide bonds. The van der Waals surface area contributed by atoms with Crippen molar-refractivity contribution in [1.82, 2.24) is 20.5 Å². The van der Waals surface area contributed by atoms with Crippen molar-refractivity contribution in [2.75, 3.05) is 33.3 Å². The number of aldehydes is 1. The van der Waals surface area contributed by atoms with Crippen molar-refractivity contribution in [2.24, 2.45) is 0 Å². The van der Waals surface area contributed by atoms with E-state index in [-0.39, 0.29) is 12.5 Å². The first kappa shape index (κ1) is 42.8. The molecule has 9 heteroatoms. The summed E-state index contributed by atoms with van der Waals surface area (Å²) in [5.74, 6) is 0.288. The molecular weight excluding hydrogens is 572 g/mol. The number of hydrogen-bond acceptors (Lipinski definition) is 8. The fourth-order valence-corrected chi connectivity index (χ4v) is 4.27. The van der Waals surface area contributed by atoms with E-state index < -0.39 is 6.10 Å². The fourth-order valence-electron chi connectivity index (χ4n) is 3.43. The predicted molar refractivity (Wildman–Crippen MR) is 187 cm³/mol. The number of benzene rings is 1. The van der Waals surface area contributed by atoms with Gasteiger partial charge in [0.2, 0.25) is 0 Å². The smallest absolute Gasteiger partial charge is 0.251 e. The number of fused-ring (bicyclic) bond motifs is 1. The van der Waals surface area contributed by atoms with E-state index >= 15 is 0 Å². The number of aliphatic hydroxyl groups excluding tert-OH is 1. The first-order valence-corrected chi connectivity index (χ1v) is 16.0. The average molecular weight is 629 g/mol. The SMILES string of the molecule is C#C.C=CC(=C)C.CC.CCCNC[C@@H](O)CNC(=O)c1cc(C=O)c2c(c1)OCCC2.Cc1csc(CN(C)C(C)C)n1. The summed E-state index contributed by atoms with van der Waals surface area (Å²) in [7, 11) is 2.13. The number of hydrogen-bond donors (Lipinski definition) is 3. The molecule has 1 aliphatic heterocycles. The van der Waals surface area contributed by atoms with Gasteiger partial charge in [0.25, 0.3) is 5.91 Å². The number of aliphatic hydroxyl groups is 1. The summed E-state index contributed by atoms with van der Waals surface area (Å²) in [5, 5.41) is 18.9. The van der Waals surface area contributed by atoms with Crippen molar-refractivity contribution < 1.29 is 19.4 Å². The minimum atomic E-state index is -0.648. The molecule has 0 bridgehead atoms. The van der Waals surface area contributed by atoms with Crippen LogP contribution in [0.15, 0.2) is 42.3 Å². The van der Waals surface area contributed by atoms with Crippen molar-refractivity contribution in [2.45, 2.75) is 86.4 Å². The Labute approximate surface area is 271 Å². The molecule has 44 heavy (non-hydrogen) atoms. The molecule has 0 spiro atoms. The molecule has 8 nitrogen and oxygen atoms in total. The minimum absolute atomic E-state index is 0.157. The minimum Gasteiger partial charge on any atom is -0.493 e. The van der Waals surface area contributed by atoms with Crippen LogP contribution in [0.25, 0.3) is 0 Å². The van der Waals surface area contributed by atoms with E-state index in [1.807, 2.05) is 34.6 Å². The molecule has 2 heterocycles. The number of nitrogens with one attached hydrogen (secondary N) is 2. The van der Waals surface area contributed by atoms with E-state index in [2.05, 4.69) is 72.8 Å². The molecule has 1 aromatic carbocycles. The highest BCUT2D eigenvalue weighted by atomic mass is 32.1. The lowest BCUT2D eigenvalue weighted by Gasteiger charge is -2.20. The van der Waals surface area contributed by atoms with Gasteiger partial charge in [0.05, 0.1) is 19.3 Å². The Morgan fingerprint density at radius 2 is 1.91 bits per heavy atom. The zero-order valence-electron chi connectivity index (χ0n) is 28.2. The maximum absolute atomic E-state index is 12.2. The number of carbonyl (C=O) groups excluding carboxylic acids is 2. The van der Waals surface area contributed by atoms with Crippen LogP contribution in [0.4, 0.5) is 0 Å². The van der Waals surface area contributed by atoms with Gasteiger partial charge in [-0.05, 0) is 72.7 Å². The van der Waals surface area contributed by atoms with Gasteiger partial charge in [0.15, 0.2) is 0 Å². The van der Waals surface area contributed by atoms with Gasteiger partial charge in [-0.15, -0.1) is 24.2 Å². The Kier molecular flexibility index (Phi) is 25.5. The predicted octanol–water partition coefficient (Wildman–Crippen LogP) is 6.23. The molecule has 0 radical (unpaired) electrons. The van der Waals surface area contributed by atoms with Crippen LogP contribution in [0.1, 0.15) is 91.4 Å². The molecule has 3 N–H and O–H groups in total. The molecule has 0 unspecified atom stereocenters. The summed E-state index contributed by atoms with van der Waals surface area (Å²) >= 11 is 1.74. The van der Waals surface area contributed by atoms with E-state index in [1.54, 1.807) is 29.5 Å². The standard InChI is InChI=1S/C17H24N2O4.C9H16N2S.C5H8.C2H6.C2H2/c1-2-5-18-9-14(21)10-19-17(22)12-7-13(11-20)15-4-3-6-23-16(15)8-12;1-7(2)11(4)5-9-10-8(3)6-12-9;1-4-5(2)3;2*1-2/h7-8,11,14,18,21H,2-6,9-10H2,1H3,(H,19,22);6-7H,5H2,1-4H3;4H,1-2H2,3H3;1-2H3;1-2H/t14-;;;;/m1..../s1. The Hall–Kier alpha value is -3.29. The molecular formula is C35H56N4O4S. The van der Waals surface area contributed by atoms with Crippen LogP contribution >= 0.6 is 11.3 Å². The third-order valence-corrected chi connectivity index (χ3v) is 7.00. The van der Waals surface area contributed by atoms with Crippen molar-refractivity contribution in [1.29, 1.82) is 0 Å². The number of allylic oxidation sites excluding steroid dienone is 2. The first-order valence-electron chi connectivity index (χ1n) is 15.2. The van der Waals surface area contributed by atoms with E-state index in [0.29, 0.717) is 36.1 Å². The van der Waals surface area contributed by atoms with Crippen molar-refractivity contribution in [3.63, 3.8) is 0 Å². The van der Waals surface area contributed by atoms with Crippen molar-refractivity contribution in [3.05, 3.63) is 69.7 Å². The number of carbonyl (C=O) groups is 2. The Bertz CT molecular complexity index is 1130. The summed E-state index contributed by atoms with van der Waals surface area (Å²) in [6.07, 6.45) is 12.5. The normalized spacial score (nSPS) is 11.7. The monoisotopic (exact) mass is 628 g/mol. The maximum Gasteiger partial charge on any atom is 0.251 e. The summed E-state index contributed by atoms with van der Waals surface area (Å²) in [5.41, 5.74) is 3.89. The van der Waals surface area contributed by atoms with E-state index in [0.717, 1.165) is 55.5 Å². The van der Waals surface area contributed by atoms with Gasteiger partial charge in [0.1, 0.15) is 17.0 Å². The summed E-state index contributed by atoms with van der Waals surface area (Å²) < 4.78 is 5.55. The lowest BCUT2D eigenvalue weighted by Crippen LogP contribution is -2.38. The van der Waals surface area contributed by atoms with Gasteiger partial charge >= 0.3 is 0 Å². The third-order valence-electron chi connectivity index (χ3n) is 6.05. The molecule has 3 rings (SSSR count). The van der Waals surface area contributed by atoms with Crippen LogP contribution in [0.3, 0.4) is 0 Å². The average Bonchev–Trinajstić information content (AvgIpc) is 3.45. The van der Waals surface area contributed by atoms with Gasteiger partial charge in [-0.25, -0.2) is 4.98 Å². The Balaban J connectivity index is 0. The second kappa shape index (κ2) is 26.1. The molecule has 1 aromatic heterocycles. The van der Waals surface area contributed by atoms with Crippen LogP contribution in [0.5, 0.6) is 5.75 Å². The Morgan fingerprint density at radius 1 is 1.27 bits per heavy atom. The van der Waals surface area contributed by atoms with Gasteiger partial charge in [-0.3, -0.25) is 14.5 Å². The van der Waals surface area contributed by atoms with E-state index in [9.17, 15) is 14.7 Å². The van der Waals surface area contributed by atoms with Crippen molar-refractivity contribution >= 4 is 23.5 Å². The number of aromatic nitrogens is 1. The molecule has 2 aromatic rings. The molecule has 246 valence electrons. The summed E-state index contributed by atoms with van der Waals surface area (Å²) in [4.78, 5) is 30.1. The lowest BCUT2D eigenvalue weighted by molar-refractivity contribution is 0.0915. The third kappa shape index (κ3) is 18.4. The van der Waals surface area contributed by atoms with Gasteiger partial charge in [0, 0.05) is 46.9 Å². The molecule has 0 saturated heterocycles.